The van der Waals surface area contributed by atoms with Crippen molar-refractivity contribution in [1.29, 1.82) is 0 Å². The molecule has 0 aliphatic heterocycles. The van der Waals surface area contributed by atoms with Crippen LogP contribution in [0.2, 0.25) is 5.02 Å². The third kappa shape index (κ3) is 1.59. The van der Waals surface area contributed by atoms with Crippen LogP contribution in [-0.4, -0.2) is 10.9 Å². The minimum atomic E-state index is -0.0856. The van der Waals surface area contributed by atoms with Crippen LogP contribution in [0.25, 0.3) is 0 Å². The lowest BCUT2D eigenvalue weighted by molar-refractivity contribution is 0.101. The van der Waals surface area contributed by atoms with Gasteiger partial charge in [0.05, 0.1) is 5.02 Å². The second-order valence-electron chi connectivity index (χ2n) is 2.68. The van der Waals surface area contributed by atoms with E-state index in [1.54, 1.807) is 6.92 Å². The van der Waals surface area contributed by atoms with E-state index in [1.807, 2.05) is 0 Å². The Kier molecular flexibility index (Phi) is 2.38. The van der Waals surface area contributed by atoms with Crippen molar-refractivity contribution < 1.29 is 9.90 Å². The van der Waals surface area contributed by atoms with Crippen molar-refractivity contribution in [2.45, 2.75) is 13.8 Å². The number of aromatic hydroxyl groups is 1. The fourth-order valence-corrected chi connectivity index (χ4v) is 1.57. The SMILES string of the molecule is CC(=O)c1c(C)cc(O)cc1Cl. The number of carbonyl (C=O) groups excluding carboxylic acids is 1. The first-order valence-electron chi connectivity index (χ1n) is 3.52. The Morgan fingerprint density at radius 2 is 2.08 bits per heavy atom. The zero-order valence-corrected chi connectivity index (χ0v) is 7.64. The van der Waals surface area contributed by atoms with E-state index in [-0.39, 0.29) is 11.5 Å². The molecule has 64 valence electrons. The number of aryl methyl sites for hydroxylation is 1. The van der Waals surface area contributed by atoms with Gasteiger partial charge in [0, 0.05) is 5.56 Å². The summed E-state index contributed by atoms with van der Waals surface area (Å²) in [6.45, 7) is 3.19. The minimum Gasteiger partial charge on any atom is -0.508 e. The molecule has 0 atom stereocenters. The molecule has 0 radical (unpaired) electrons. The highest BCUT2D eigenvalue weighted by molar-refractivity contribution is 6.34. The first-order valence-corrected chi connectivity index (χ1v) is 3.90. The first kappa shape index (κ1) is 9.07. The van der Waals surface area contributed by atoms with Gasteiger partial charge in [-0.2, -0.15) is 0 Å². The number of ketones is 1. The number of phenols is 1. The van der Waals surface area contributed by atoms with E-state index in [0.717, 1.165) is 0 Å². The Morgan fingerprint density at radius 1 is 1.50 bits per heavy atom. The summed E-state index contributed by atoms with van der Waals surface area (Å²) in [6.07, 6.45) is 0. The van der Waals surface area contributed by atoms with Gasteiger partial charge in [-0.05, 0) is 31.5 Å². The standard InChI is InChI=1S/C9H9ClO2/c1-5-3-7(12)4-8(10)9(5)6(2)11/h3-4,12H,1-2H3. The number of carbonyl (C=O) groups is 1. The van der Waals surface area contributed by atoms with Crippen LogP contribution in [0.4, 0.5) is 0 Å². The number of phenolic OH excluding ortho intramolecular Hbond substituents is 1. The van der Waals surface area contributed by atoms with Crippen molar-refractivity contribution in [3.63, 3.8) is 0 Å². The van der Waals surface area contributed by atoms with E-state index in [2.05, 4.69) is 0 Å². The van der Waals surface area contributed by atoms with Gasteiger partial charge in [0.2, 0.25) is 0 Å². The quantitative estimate of drug-likeness (QED) is 0.682. The largest absolute Gasteiger partial charge is 0.508 e. The van der Waals surface area contributed by atoms with Gasteiger partial charge in [0.15, 0.2) is 5.78 Å². The predicted octanol–water partition coefficient (Wildman–Crippen LogP) is 2.56. The van der Waals surface area contributed by atoms with E-state index < -0.39 is 0 Å². The number of benzene rings is 1. The topological polar surface area (TPSA) is 37.3 Å². The summed E-state index contributed by atoms with van der Waals surface area (Å²) >= 11 is 5.75. The van der Waals surface area contributed by atoms with Crippen LogP contribution in [0, 0.1) is 6.92 Å². The highest BCUT2D eigenvalue weighted by Crippen LogP contribution is 2.25. The van der Waals surface area contributed by atoms with Crippen molar-refractivity contribution in [3.05, 3.63) is 28.3 Å². The van der Waals surface area contributed by atoms with Crippen LogP contribution in [0.1, 0.15) is 22.8 Å². The summed E-state index contributed by atoms with van der Waals surface area (Å²) in [5.74, 6) is 0.000000000000000888. The van der Waals surface area contributed by atoms with E-state index in [1.165, 1.54) is 19.1 Å². The van der Waals surface area contributed by atoms with E-state index in [4.69, 9.17) is 16.7 Å². The molecular formula is C9H9ClO2. The summed E-state index contributed by atoms with van der Waals surface area (Å²) in [4.78, 5) is 11.0. The van der Waals surface area contributed by atoms with Crippen molar-refractivity contribution in [1.82, 2.24) is 0 Å². The molecule has 0 aromatic heterocycles. The molecule has 3 heteroatoms. The number of Topliss-reactive ketones (excluding diaryl/α,β-unsaturated/α-hetero) is 1. The van der Waals surface area contributed by atoms with E-state index >= 15 is 0 Å². The Bertz CT molecular complexity index is 308. The third-order valence-corrected chi connectivity index (χ3v) is 1.92. The van der Waals surface area contributed by atoms with Crippen LogP contribution in [0.5, 0.6) is 5.75 Å². The maximum Gasteiger partial charge on any atom is 0.161 e. The molecule has 0 aliphatic carbocycles. The number of rotatable bonds is 1. The van der Waals surface area contributed by atoms with Gasteiger partial charge in [0.1, 0.15) is 5.75 Å². The summed E-state index contributed by atoms with van der Waals surface area (Å²) in [5.41, 5.74) is 1.18. The van der Waals surface area contributed by atoms with Gasteiger partial charge >= 0.3 is 0 Å². The maximum absolute atomic E-state index is 11.0. The molecule has 1 N–H and O–H groups in total. The molecule has 0 amide bonds. The summed E-state index contributed by atoms with van der Waals surface area (Å²) in [6, 6.07) is 2.88. The Morgan fingerprint density at radius 3 is 2.50 bits per heavy atom. The zero-order valence-electron chi connectivity index (χ0n) is 6.89. The molecule has 1 rings (SSSR count). The normalized spacial score (nSPS) is 9.92. The molecule has 12 heavy (non-hydrogen) atoms. The lowest BCUT2D eigenvalue weighted by Gasteiger charge is -2.04. The van der Waals surface area contributed by atoms with Crippen molar-refractivity contribution in [3.8, 4) is 5.75 Å². The van der Waals surface area contributed by atoms with Crippen molar-refractivity contribution >= 4 is 17.4 Å². The summed E-state index contributed by atoms with van der Waals surface area (Å²) in [5, 5.41) is 9.41. The molecule has 0 saturated heterocycles. The van der Waals surface area contributed by atoms with Crippen LogP contribution in [0.3, 0.4) is 0 Å². The van der Waals surface area contributed by atoms with Crippen LogP contribution in [-0.2, 0) is 0 Å². The highest BCUT2D eigenvalue weighted by atomic mass is 35.5. The molecule has 1 aromatic carbocycles. The molecule has 0 unspecified atom stereocenters. The molecule has 0 fully saturated rings. The summed E-state index contributed by atoms with van der Waals surface area (Å²) < 4.78 is 0. The number of halogens is 1. The number of hydrogen-bond acceptors (Lipinski definition) is 2. The third-order valence-electron chi connectivity index (χ3n) is 1.62. The lowest BCUT2D eigenvalue weighted by Crippen LogP contribution is -1.96. The zero-order chi connectivity index (χ0) is 9.30. The molecule has 0 aliphatic rings. The van der Waals surface area contributed by atoms with Crippen LogP contribution < -0.4 is 0 Å². The highest BCUT2D eigenvalue weighted by Gasteiger charge is 2.09. The average molecular weight is 185 g/mol. The predicted molar refractivity (Wildman–Crippen MR) is 47.9 cm³/mol. The smallest absolute Gasteiger partial charge is 0.161 e. The fraction of sp³-hybridized carbons (Fsp3) is 0.222. The maximum atomic E-state index is 11.0. The van der Waals surface area contributed by atoms with Crippen LogP contribution in [0.15, 0.2) is 12.1 Å². The van der Waals surface area contributed by atoms with Crippen LogP contribution >= 0.6 is 11.6 Å². The molecule has 2 nitrogen and oxygen atoms in total. The van der Waals surface area contributed by atoms with Crippen molar-refractivity contribution in [2.24, 2.45) is 0 Å². The van der Waals surface area contributed by atoms with Gasteiger partial charge in [0.25, 0.3) is 0 Å². The lowest BCUT2D eigenvalue weighted by atomic mass is 10.1. The Hall–Kier alpha value is -1.02. The van der Waals surface area contributed by atoms with Crippen molar-refractivity contribution in [2.75, 3.05) is 0 Å². The van der Waals surface area contributed by atoms with Gasteiger partial charge in [-0.1, -0.05) is 11.6 Å². The molecule has 0 spiro atoms. The molecule has 0 heterocycles. The average Bonchev–Trinajstić information content (AvgIpc) is 1.82. The first-order chi connectivity index (χ1) is 5.52. The Balaban J connectivity index is 3.38. The number of hydrogen-bond donors (Lipinski definition) is 1. The minimum absolute atomic E-state index is 0.0856. The second kappa shape index (κ2) is 3.15. The monoisotopic (exact) mass is 184 g/mol. The molecule has 0 saturated carbocycles. The Labute approximate surface area is 75.8 Å². The molecule has 0 bridgehead atoms. The summed E-state index contributed by atoms with van der Waals surface area (Å²) in [7, 11) is 0. The van der Waals surface area contributed by atoms with Gasteiger partial charge in [-0.25, -0.2) is 0 Å². The molecular weight excluding hydrogens is 176 g/mol. The van der Waals surface area contributed by atoms with E-state index in [9.17, 15) is 4.79 Å². The van der Waals surface area contributed by atoms with Gasteiger partial charge in [-0.3, -0.25) is 4.79 Å². The van der Waals surface area contributed by atoms with E-state index in [0.29, 0.717) is 16.1 Å². The molecule has 1 aromatic rings. The van der Waals surface area contributed by atoms with Gasteiger partial charge < -0.3 is 5.11 Å². The fourth-order valence-electron chi connectivity index (χ4n) is 1.17. The second-order valence-corrected chi connectivity index (χ2v) is 3.08. The van der Waals surface area contributed by atoms with Gasteiger partial charge in [-0.15, -0.1) is 0 Å².